The fraction of sp³-hybridized carbons (Fsp3) is 0.636. The molecule has 2 rings (SSSR count). The quantitative estimate of drug-likeness (QED) is 0.594. The molecular formula is C11H19N5. The molecule has 1 fully saturated rings. The third-order valence-electron chi connectivity index (χ3n) is 3.08. The maximum Gasteiger partial charge on any atom is 0.239 e. The Bertz CT molecular complexity index is 341. The smallest absolute Gasteiger partial charge is 0.239 e. The zero-order valence-electron chi connectivity index (χ0n) is 9.69. The Morgan fingerprint density at radius 1 is 1.62 bits per heavy atom. The van der Waals surface area contributed by atoms with Gasteiger partial charge < -0.3 is 4.90 Å². The number of anilines is 2. The van der Waals surface area contributed by atoms with Crippen LogP contribution in [0, 0.1) is 5.92 Å². The molecule has 0 saturated carbocycles. The third kappa shape index (κ3) is 2.41. The van der Waals surface area contributed by atoms with Crippen molar-refractivity contribution in [2.45, 2.75) is 26.2 Å². The van der Waals surface area contributed by atoms with E-state index in [0.29, 0.717) is 5.95 Å². The average Bonchev–Trinajstić information content (AvgIpc) is 2.78. The molecule has 5 nitrogen and oxygen atoms in total. The molecule has 0 bridgehead atoms. The summed E-state index contributed by atoms with van der Waals surface area (Å²) in [6, 6.07) is 1.94. The Kier molecular flexibility index (Phi) is 3.56. The Morgan fingerprint density at radius 3 is 3.25 bits per heavy atom. The molecule has 0 amide bonds. The van der Waals surface area contributed by atoms with Gasteiger partial charge in [0.05, 0.1) is 0 Å². The van der Waals surface area contributed by atoms with E-state index in [2.05, 4.69) is 27.2 Å². The van der Waals surface area contributed by atoms with Crippen LogP contribution in [0.3, 0.4) is 0 Å². The summed E-state index contributed by atoms with van der Waals surface area (Å²) >= 11 is 0. The monoisotopic (exact) mass is 221 g/mol. The molecule has 1 unspecified atom stereocenters. The SMILES string of the molecule is CCCC1CCN(c2ccnc(NN)n2)C1. The minimum Gasteiger partial charge on any atom is -0.356 e. The van der Waals surface area contributed by atoms with E-state index in [1.807, 2.05) is 6.07 Å². The van der Waals surface area contributed by atoms with Crippen molar-refractivity contribution >= 4 is 11.8 Å². The number of rotatable bonds is 4. The molecule has 1 aliphatic heterocycles. The highest BCUT2D eigenvalue weighted by Crippen LogP contribution is 2.25. The largest absolute Gasteiger partial charge is 0.356 e. The Hall–Kier alpha value is -1.36. The van der Waals surface area contributed by atoms with Gasteiger partial charge in [-0.25, -0.2) is 10.8 Å². The fourth-order valence-corrected chi connectivity index (χ4v) is 2.28. The van der Waals surface area contributed by atoms with Crippen LogP contribution < -0.4 is 16.2 Å². The number of hydrogen-bond acceptors (Lipinski definition) is 5. The van der Waals surface area contributed by atoms with Crippen LogP contribution in [0.1, 0.15) is 26.2 Å². The number of nitrogens with two attached hydrogens (primary N) is 1. The summed E-state index contributed by atoms with van der Waals surface area (Å²) in [5.74, 6) is 7.57. The number of nitrogens with one attached hydrogen (secondary N) is 1. The molecule has 0 radical (unpaired) electrons. The normalized spacial score (nSPS) is 20.1. The molecule has 0 aliphatic carbocycles. The summed E-state index contributed by atoms with van der Waals surface area (Å²) in [6.07, 6.45) is 5.58. The zero-order chi connectivity index (χ0) is 11.4. The van der Waals surface area contributed by atoms with E-state index in [1.165, 1.54) is 19.3 Å². The van der Waals surface area contributed by atoms with Crippen molar-refractivity contribution in [2.24, 2.45) is 11.8 Å². The Morgan fingerprint density at radius 2 is 2.50 bits per heavy atom. The van der Waals surface area contributed by atoms with Gasteiger partial charge in [0.25, 0.3) is 0 Å². The molecule has 1 aliphatic rings. The van der Waals surface area contributed by atoms with Gasteiger partial charge in [-0.2, -0.15) is 4.98 Å². The van der Waals surface area contributed by atoms with Crippen molar-refractivity contribution in [1.29, 1.82) is 0 Å². The molecule has 5 heteroatoms. The molecule has 2 heterocycles. The van der Waals surface area contributed by atoms with Gasteiger partial charge in [-0.3, -0.25) is 5.43 Å². The van der Waals surface area contributed by atoms with E-state index in [4.69, 9.17) is 5.84 Å². The van der Waals surface area contributed by atoms with E-state index in [-0.39, 0.29) is 0 Å². The molecular weight excluding hydrogens is 202 g/mol. The molecule has 3 N–H and O–H groups in total. The lowest BCUT2D eigenvalue weighted by molar-refractivity contribution is 0.529. The topological polar surface area (TPSA) is 67.1 Å². The van der Waals surface area contributed by atoms with Gasteiger partial charge in [-0.15, -0.1) is 0 Å². The maximum absolute atomic E-state index is 5.30. The Labute approximate surface area is 96.0 Å². The van der Waals surface area contributed by atoms with Crippen LogP contribution in [0.4, 0.5) is 11.8 Å². The molecule has 1 aromatic heterocycles. The van der Waals surface area contributed by atoms with E-state index in [1.54, 1.807) is 6.20 Å². The van der Waals surface area contributed by atoms with Gasteiger partial charge in [0.1, 0.15) is 5.82 Å². The van der Waals surface area contributed by atoms with Gasteiger partial charge in [-0.05, 0) is 24.8 Å². The first-order valence-corrected chi connectivity index (χ1v) is 5.88. The van der Waals surface area contributed by atoms with Crippen LogP contribution in [0.25, 0.3) is 0 Å². The molecule has 1 atom stereocenters. The number of nitrogen functional groups attached to an aromatic ring is 1. The number of hydrazine groups is 1. The summed E-state index contributed by atoms with van der Waals surface area (Å²) in [4.78, 5) is 10.7. The van der Waals surface area contributed by atoms with Crippen LogP contribution >= 0.6 is 0 Å². The highest BCUT2D eigenvalue weighted by Gasteiger charge is 2.22. The van der Waals surface area contributed by atoms with Crippen molar-refractivity contribution in [3.63, 3.8) is 0 Å². The standard InChI is InChI=1S/C11H19N5/c1-2-3-9-5-7-16(8-9)10-4-6-13-11(14-10)15-12/h4,6,9H,2-3,5,7-8,12H2,1H3,(H,13,14,15). The van der Waals surface area contributed by atoms with E-state index >= 15 is 0 Å². The second-order valence-electron chi connectivity index (χ2n) is 4.27. The highest BCUT2D eigenvalue weighted by molar-refractivity contribution is 5.42. The van der Waals surface area contributed by atoms with E-state index < -0.39 is 0 Å². The number of aromatic nitrogens is 2. The van der Waals surface area contributed by atoms with Crippen molar-refractivity contribution in [3.05, 3.63) is 12.3 Å². The molecule has 0 spiro atoms. The minimum absolute atomic E-state index is 0.483. The lowest BCUT2D eigenvalue weighted by atomic mass is 10.0. The first kappa shape index (κ1) is 11.1. The lowest BCUT2D eigenvalue weighted by Gasteiger charge is -2.17. The molecule has 1 aromatic rings. The average molecular weight is 221 g/mol. The second kappa shape index (κ2) is 5.12. The maximum atomic E-state index is 5.30. The van der Waals surface area contributed by atoms with Crippen LogP contribution in [-0.2, 0) is 0 Å². The fourth-order valence-electron chi connectivity index (χ4n) is 2.28. The van der Waals surface area contributed by atoms with Crippen LogP contribution in [0.2, 0.25) is 0 Å². The third-order valence-corrected chi connectivity index (χ3v) is 3.08. The Balaban J connectivity index is 2.02. The summed E-state index contributed by atoms with van der Waals surface area (Å²) in [6.45, 7) is 4.43. The van der Waals surface area contributed by atoms with Crippen molar-refractivity contribution in [2.75, 3.05) is 23.4 Å². The van der Waals surface area contributed by atoms with Gasteiger partial charge >= 0.3 is 0 Å². The minimum atomic E-state index is 0.483. The zero-order valence-corrected chi connectivity index (χ0v) is 9.69. The summed E-state index contributed by atoms with van der Waals surface area (Å²) in [5, 5.41) is 0. The first-order valence-electron chi connectivity index (χ1n) is 5.88. The van der Waals surface area contributed by atoms with Crippen molar-refractivity contribution in [3.8, 4) is 0 Å². The predicted molar refractivity (Wildman–Crippen MR) is 65.1 cm³/mol. The summed E-state index contributed by atoms with van der Waals surface area (Å²) in [7, 11) is 0. The molecule has 0 aromatic carbocycles. The molecule has 88 valence electrons. The van der Waals surface area contributed by atoms with Gasteiger partial charge in [0.2, 0.25) is 5.95 Å². The highest BCUT2D eigenvalue weighted by atomic mass is 15.3. The van der Waals surface area contributed by atoms with Gasteiger partial charge in [0, 0.05) is 19.3 Å². The van der Waals surface area contributed by atoms with Crippen LogP contribution in [0.5, 0.6) is 0 Å². The number of nitrogens with zero attached hydrogens (tertiary/aromatic N) is 3. The van der Waals surface area contributed by atoms with Crippen LogP contribution in [0.15, 0.2) is 12.3 Å². The second-order valence-corrected chi connectivity index (χ2v) is 4.27. The van der Waals surface area contributed by atoms with Gasteiger partial charge in [0.15, 0.2) is 0 Å². The first-order chi connectivity index (χ1) is 7.83. The summed E-state index contributed by atoms with van der Waals surface area (Å²) in [5.41, 5.74) is 2.48. The van der Waals surface area contributed by atoms with Crippen LogP contribution in [-0.4, -0.2) is 23.1 Å². The van der Waals surface area contributed by atoms with E-state index in [0.717, 1.165) is 24.8 Å². The van der Waals surface area contributed by atoms with Crippen molar-refractivity contribution < 1.29 is 0 Å². The molecule has 16 heavy (non-hydrogen) atoms. The van der Waals surface area contributed by atoms with Crippen molar-refractivity contribution in [1.82, 2.24) is 9.97 Å². The summed E-state index contributed by atoms with van der Waals surface area (Å²) < 4.78 is 0. The van der Waals surface area contributed by atoms with E-state index in [9.17, 15) is 0 Å². The predicted octanol–water partition coefficient (Wildman–Crippen LogP) is 1.39. The number of hydrogen-bond donors (Lipinski definition) is 2. The molecule has 1 saturated heterocycles. The lowest BCUT2D eigenvalue weighted by Crippen LogP contribution is -2.22. The van der Waals surface area contributed by atoms with Gasteiger partial charge in [-0.1, -0.05) is 13.3 Å².